The summed E-state index contributed by atoms with van der Waals surface area (Å²) in [7, 11) is 0. The van der Waals surface area contributed by atoms with Gasteiger partial charge in [-0.3, -0.25) is 0 Å². The molecule has 0 atom stereocenters. The molecule has 2 aliphatic rings. The molecule has 1 heteroatoms. The molecule has 0 amide bonds. The van der Waals surface area contributed by atoms with Crippen LogP contribution in [0, 0.1) is 0 Å². The summed E-state index contributed by atoms with van der Waals surface area (Å²) >= 11 is 0. The van der Waals surface area contributed by atoms with Crippen molar-refractivity contribution >= 4 is 17.1 Å². The van der Waals surface area contributed by atoms with Crippen molar-refractivity contribution in [1.29, 1.82) is 0 Å². The van der Waals surface area contributed by atoms with Crippen LogP contribution in [-0.4, -0.2) is 0 Å². The van der Waals surface area contributed by atoms with Gasteiger partial charge in [-0.05, 0) is 122 Å². The van der Waals surface area contributed by atoms with Crippen molar-refractivity contribution in [2.75, 3.05) is 4.90 Å². The van der Waals surface area contributed by atoms with Crippen molar-refractivity contribution in [2.24, 2.45) is 0 Å². The predicted octanol–water partition coefficient (Wildman–Crippen LogP) is 14.2. The van der Waals surface area contributed by atoms with Gasteiger partial charge in [-0.25, -0.2) is 0 Å². The maximum absolute atomic E-state index is 2.50. The van der Waals surface area contributed by atoms with Crippen LogP contribution in [0.4, 0.5) is 17.1 Å². The molecule has 0 aromatic heterocycles. The van der Waals surface area contributed by atoms with Crippen LogP contribution in [0.25, 0.3) is 55.6 Å². The van der Waals surface area contributed by atoms with Gasteiger partial charge in [-0.1, -0.05) is 166 Å². The first-order valence-electron chi connectivity index (χ1n) is 19.1. The minimum atomic E-state index is -0.156. The summed E-state index contributed by atoms with van der Waals surface area (Å²) in [5.74, 6) is 0. The summed E-state index contributed by atoms with van der Waals surface area (Å²) in [6, 6.07) is 69.1. The number of para-hydroxylation sites is 1. The van der Waals surface area contributed by atoms with E-state index in [9.17, 15) is 0 Å². The van der Waals surface area contributed by atoms with Gasteiger partial charge in [-0.15, -0.1) is 0 Å². The summed E-state index contributed by atoms with van der Waals surface area (Å²) in [4.78, 5) is 2.49. The number of rotatable bonds is 7. The van der Waals surface area contributed by atoms with E-state index in [1.807, 2.05) is 0 Å². The quantitative estimate of drug-likeness (QED) is 0.161. The summed E-state index contributed by atoms with van der Waals surface area (Å²) in [6.07, 6.45) is 2.06. The summed E-state index contributed by atoms with van der Waals surface area (Å²) in [6.45, 7) is 4.86. The maximum Gasteiger partial charge on any atom is 0.0540 e. The lowest BCUT2D eigenvalue weighted by Crippen LogP contribution is -2.17. The van der Waals surface area contributed by atoms with E-state index in [0.717, 1.165) is 18.5 Å². The van der Waals surface area contributed by atoms with E-state index in [1.54, 1.807) is 0 Å². The van der Waals surface area contributed by atoms with Crippen LogP contribution in [-0.2, 0) is 18.3 Å². The average molecular weight is 692 g/mol. The second-order valence-electron chi connectivity index (χ2n) is 15.3. The Labute approximate surface area is 318 Å². The third-order valence-corrected chi connectivity index (χ3v) is 11.7. The number of hydrogen-bond donors (Lipinski definition) is 0. The molecular weight excluding hydrogens is 651 g/mol. The SMILES string of the molecule is CC1(C)c2cc(-c3ccc(-c4ccccc4)cc3)cc3c2-c2c(cc(N(c4ccc(-c5ccccc5)cc4)c4ccccc4-c4ccccc4)cc21)CC3. The maximum atomic E-state index is 2.50. The van der Waals surface area contributed by atoms with Crippen molar-refractivity contribution in [3.63, 3.8) is 0 Å². The van der Waals surface area contributed by atoms with Crippen LogP contribution < -0.4 is 4.90 Å². The van der Waals surface area contributed by atoms with Crippen LogP contribution in [0.15, 0.2) is 188 Å². The molecule has 0 heterocycles. The normalized spacial score (nSPS) is 13.4. The largest absolute Gasteiger partial charge is 0.310 e. The van der Waals surface area contributed by atoms with Gasteiger partial charge in [0, 0.05) is 22.4 Å². The third kappa shape index (κ3) is 5.39. The van der Waals surface area contributed by atoms with Crippen molar-refractivity contribution in [3.8, 4) is 55.6 Å². The minimum Gasteiger partial charge on any atom is -0.310 e. The molecule has 0 radical (unpaired) electrons. The Kier molecular flexibility index (Phi) is 7.70. The highest BCUT2D eigenvalue weighted by Gasteiger charge is 2.41. The summed E-state index contributed by atoms with van der Waals surface area (Å²) < 4.78 is 0. The summed E-state index contributed by atoms with van der Waals surface area (Å²) in [5, 5.41) is 0. The zero-order valence-corrected chi connectivity index (χ0v) is 30.8. The molecule has 0 saturated heterocycles. The summed E-state index contributed by atoms with van der Waals surface area (Å²) in [5.41, 5.74) is 22.0. The van der Waals surface area contributed by atoms with E-state index in [2.05, 4.69) is 207 Å². The van der Waals surface area contributed by atoms with Gasteiger partial charge in [0.25, 0.3) is 0 Å². The first-order valence-corrected chi connectivity index (χ1v) is 19.1. The Morgan fingerprint density at radius 1 is 0.370 bits per heavy atom. The number of benzene rings is 8. The highest BCUT2D eigenvalue weighted by Crippen LogP contribution is 2.56. The molecular formula is C53H41N. The topological polar surface area (TPSA) is 3.24 Å². The van der Waals surface area contributed by atoms with Gasteiger partial charge in [0.2, 0.25) is 0 Å². The number of anilines is 3. The molecule has 1 nitrogen and oxygen atoms in total. The lowest BCUT2D eigenvalue weighted by atomic mass is 9.81. The van der Waals surface area contributed by atoms with Gasteiger partial charge in [0.15, 0.2) is 0 Å². The van der Waals surface area contributed by atoms with Crippen molar-refractivity contribution in [3.05, 3.63) is 210 Å². The lowest BCUT2D eigenvalue weighted by Gasteiger charge is -2.31. The lowest BCUT2D eigenvalue weighted by molar-refractivity contribution is 0.660. The Balaban J connectivity index is 1.10. The van der Waals surface area contributed by atoms with Gasteiger partial charge < -0.3 is 4.90 Å². The smallest absolute Gasteiger partial charge is 0.0540 e. The molecule has 0 bridgehead atoms. The molecule has 0 spiro atoms. The van der Waals surface area contributed by atoms with E-state index in [0.29, 0.717) is 0 Å². The van der Waals surface area contributed by atoms with Crippen LogP contribution in [0.1, 0.15) is 36.1 Å². The highest BCUT2D eigenvalue weighted by molar-refractivity contribution is 5.94. The van der Waals surface area contributed by atoms with Crippen molar-refractivity contribution in [2.45, 2.75) is 32.1 Å². The predicted molar refractivity (Wildman–Crippen MR) is 228 cm³/mol. The molecule has 0 N–H and O–H groups in total. The fraction of sp³-hybridized carbons (Fsp3) is 0.0943. The van der Waals surface area contributed by atoms with Gasteiger partial charge >= 0.3 is 0 Å². The van der Waals surface area contributed by atoms with E-state index in [1.165, 1.54) is 89.3 Å². The standard InChI is InChI=1S/C53H41N/c1-53(2)48-34-44(40-24-22-38(23-25-40)36-14-6-3-7-15-36)32-42-26-27-43-33-46(35-49(53)52(43)51(42)48)54(45-30-28-39(29-31-45)37-16-8-4-9-17-37)50-21-13-12-20-47(50)41-18-10-5-11-19-41/h3-25,28-35H,26-27H2,1-2H3. The molecule has 258 valence electrons. The van der Waals surface area contributed by atoms with Crippen molar-refractivity contribution in [1.82, 2.24) is 0 Å². The molecule has 0 saturated carbocycles. The molecule has 8 aromatic rings. The van der Waals surface area contributed by atoms with Crippen LogP contribution >= 0.6 is 0 Å². The van der Waals surface area contributed by atoms with Crippen LogP contribution in [0.2, 0.25) is 0 Å². The molecule has 0 fully saturated rings. The van der Waals surface area contributed by atoms with Gasteiger partial charge in [-0.2, -0.15) is 0 Å². The Hall–Kier alpha value is -6.44. The van der Waals surface area contributed by atoms with Crippen LogP contribution in [0.5, 0.6) is 0 Å². The average Bonchev–Trinajstić information content (AvgIpc) is 3.47. The molecule has 0 aliphatic heterocycles. The van der Waals surface area contributed by atoms with E-state index < -0.39 is 0 Å². The first kappa shape index (κ1) is 32.2. The van der Waals surface area contributed by atoms with Crippen molar-refractivity contribution < 1.29 is 0 Å². The molecule has 54 heavy (non-hydrogen) atoms. The monoisotopic (exact) mass is 691 g/mol. The molecule has 10 rings (SSSR count). The Bertz CT molecular complexity index is 2640. The number of hydrogen-bond acceptors (Lipinski definition) is 1. The first-order chi connectivity index (χ1) is 26.5. The van der Waals surface area contributed by atoms with Crippen LogP contribution in [0.3, 0.4) is 0 Å². The number of aryl methyl sites for hydroxylation is 2. The van der Waals surface area contributed by atoms with E-state index >= 15 is 0 Å². The Morgan fingerprint density at radius 2 is 0.815 bits per heavy atom. The molecule has 0 unspecified atom stereocenters. The second kappa shape index (κ2) is 12.9. The van der Waals surface area contributed by atoms with E-state index in [4.69, 9.17) is 0 Å². The highest BCUT2D eigenvalue weighted by atomic mass is 15.1. The fourth-order valence-electron chi connectivity index (χ4n) is 8.95. The second-order valence-corrected chi connectivity index (χ2v) is 15.3. The molecule has 2 aliphatic carbocycles. The van der Waals surface area contributed by atoms with Gasteiger partial charge in [0.05, 0.1) is 5.69 Å². The Morgan fingerprint density at radius 3 is 1.41 bits per heavy atom. The zero-order chi connectivity index (χ0) is 36.2. The fourth-order valence-corrected chi connectivity index (χ4v) is 8.95. The van der Waals surface area contributed by atoms with E-state index in [-0.39, 0.29) is 5.41 Å². The molecule has 8 aromatic carbocycles. The zero-order valence-electron chi connectivity index (χ0n) is 30.8. The minimum absolute atomic E-state index is 0.156. The number of nitrogens with zero attached hydrogens (tertiary/aromatic N) is 1. The van der Waals surface area contributed by atoms with Gasteiger partial charge in [0.1, 0.15) is 0 Å². The third-order valence-electron chi connectivity index (χ3n) is 11.7.